The average Bonchev–Trinajstić information content (AvgIpc) is 3.12. The normalized spacial score (nSPS) is 18.3. The van der Waals surface area contributed by atoms with Crippen molar-refractivity contribution >= 4 is 41.0 Å². The molecule has 1 fully saturated rings. The van der Waals surface area contributed by atoms with Crippen molar-refractivity contribution in [2.45, 2.75) is 46.2 Å². The van der Waals surface area contributed by atoms with E-state index in [1.165, 1.54) is 13.8 Å². The van der Waals surface area contributed by atoms with Gasteiger partial charge in [-0.05, 0) is 30.5 Å². The Bertz CT molecular complexity index is 1240. The quantitative estimate of drug-likeness (QED) is 0.215. The van der Waals surface area contributed by atoms with Gasteiger partial charge in [0.25, 0.3) is 0 Å². The largest absolute Gasteiger partial charge is 0.346 e. The van der Waals surface area contributed by atoms with Crippen LogP contribution in [-0.2, 0) is 19.2 Å². The molecule has 5 amide bonds. The Balaban J connectivity index is 1.73. The molecule has 1 saturated heterocycles. The smallest absolute Gasteiger partial charge is 0.319 e. The standard InChI is InChI=1S/C28H32N4O6/c1-15(2)24(25(35)23-16(3)26(36)32-27(23)37)31-22(34)14-21(18-9-6-5-7-10-18)30-28(38)29-20-12-8-11-19(13-20)17(4)33/h5-13,15-16,21,23-24H,14H2,1-4H3,(H,31,34)(H2,29,30,38)(H,32,36,37)/t16-,21?,23?,24-/m0/s1. The molecule has 3 rings (SSSR count). The lowest BCUT2D eigenvalue weighted by Crippen LogP contribution is -2.49. The first-order valence-electron chi connectivity index (χ1n) is 12.4. The number of hydrogen-bond donors (Lipinski definition) is 4. The maximum atomic E-state index is 13.2. The number of nitrogens with one attached hydrogen (secondary N) is 4. The Hall–Kier alpha value is -4.34. The monoisotopic (exact) mass is 520 g/mol. The topological polar surface area (TPSA) is 151 Å². The van der Waals surface area contributed by atoms with Crippen molar-refractivity contribution in [2.24, 2.45) is 17.8 Å². The van der Waals surface area contributed by atoms with Crippen LogP contribution in [0.5, 0.6) is 0 Å². The number of ketones is 2. The molecule has 10 heteroatoms. The number of imide groups is 1. The number of benzene rings is 2. The number of amides is 5. The van der Waals surface area contributed by atoms with Crippen molar-refractivity contribution in [3.63, 3.8) is 0 Å². The molecule has 0 spiro atoms. The molecule has 0 saturated carbocycles. The summed E-state index contributed by atoms with van der Waals surface area (Å²) in [5.41, 5.74) is 1.52. The fourth-order valence-corrected chi connectivity index (χ4v) is 4.32. The first kappa shape index (κ1) is 28.2. The van der Waals surface area contributed by atoms with Gasteiger partial charge < -0.3 is 16.0 Å². The van der Waals surface area contributed by atoms with Gasteiger partial charge in [0, 0.05) is 11.3 Å². The Morgan fingerprint density at radius 2 is 1.61 bits per heavy atom. The molecule has 1 aliphatic rings. The number of rotatable bonds is 10. The SMILES string of the molecule is CC(=O)c1cccc(NC(=O)NC(CC(=O)N[C@H](C(=O)C2C(=O)NC(=O)[C@H]2C)C(C)C)c2ccccc2)c1. The van der Waals surface area contributed by atoms with Crippen LogP contribution in [0.4, 0.5) is 10.5 Å². The van der Waals surface area contributed by atoms with E-state index in [2.05, 4.69) is 21.3 Å². The predicted octanol–water partition coefficient (Wildman–Crippen LogP) is 2.76. The zero-order valence-corrected chi connectivity index (χ0v) is 21.7. The van der Waals surface area contributed by atoms with Gasteiger partial charge in [-0.3, -0.25) is 29.3 Å². The Morgan fingerprint density at radius 3 is 2.18 bits per heavy atom. The van der Waals surface area contributed by atoms with E-state index in [-0.39, 0.29) is 18.1 Å². The van der Waals surface area contributed by atoms with Gasteiger partial charge in [-0.2, -0.15) is 0 Å². The summed E-state index contributed by atoms with van der Waals surface area (Å²) in [6, 6.07) is 13.0. The van der Waals surface area contributed by atoms with Crippen molar-refractivity contribution in [3.8, 4) is 0 Å². The Morgan fingerprint density at radius 1 is 0.921 bits per heavy atom. The van der Waals surface area contributed by atoms with Crippen LogP contribution in [0.15, 0.2) is 54.6 Å². The van der Waals surface area contributed by atoms with E-state index in [1.807, 2.05) is 0 Å². The average molecular weight is 521 g/mol. The molecule has 1 aliphatic heterocycles. The fourth-order valence-electron chi connectivity index (χ4n) is 4.32. The molecule has 4 atom stereocenters. The van der Waals surface area contributed by atoms with E-state index in [9.17, 15) is 28.8 Å². The molecule has 38 heavy (non-hydrogen) atoms. The first-order valence-corrected chi connectivity index (χ1v) is 12.4. The molecule has 0 aliphatic carbocycles. The summed E-state index contributed by atoms with van der Waals surface area (Å²) in [6.07, 6.45) is -0.188. The van der Waals surface area contributed by atoms with E-state index < -0.39 is 53.5 Å². The second kappa shape index (κ2) is 12.3. The van der Waals surface area contributed by atoms with E-state index in [0.717, 1.165) is 0 Å². The van der Waals surface area contributed by atoms with Crippen LogP contribution in [0.25, 0.3) is 0 Å². The molecular weight excluding hydrogens is 488 g/mol. The maximum absolute atomic E-state index is 13.2. The Kier molecular flexibility index (Phi) is 9.11. The lowest BCUT2D eigenvalue weighted by molar-refractivity contribution is -0.137. The van der Waals surface area contributed by atoms with Crippen molar-refractivity contribution in [1.82, 2.24) is 16.0 Å². The van der Waals surface area contributed by atoms with Crippen LogP contribution >= 0.6 is 0 Å². The number of Topliss-reactive ketones (excluding diaryl/α,β-unsaturated/α-hetero) is 2. The highest BCUT2D eigenvalue weighted by molar-refractivity contribution is 6.16. The van der Waals surface area contributed by atoms with Gasteiger partial charge in [0.15, 0.2) is 11.6 Å². The molecule has 1 heterocycles. The maximum Gasteiger partial charge on any atom is 0.319 e. The van der Waals surface area contributed by atoms with Crippen molar-refractivity contribution in [3.05, 3.63) is 65.7 Å². The van der Waals surface area contributed by atoms with Gasteiger partial charge in [-0.15, -0.1) is 0 Å². The minimum atomic E-state index is -1.17. The highest BCUT2D eigenvalue weighted by atomic mass is 16.2. The summed E-state index contributed by atoms with van der Waals surface area (Å²) < 4.78 is 0. The summed E-state index contributed by atoms with van der Waals surface area (Å²) in [5, 5.41) is 10.3. The lowest BCUT2D eigenvalue weighted by atomic mass is 9.85. The molecule has 10 nitrogen and oxygen atoms in total. The number of urea groups is 1. The highest BCUT2D eigenvalue weighted by Gasteiger charge is 2.46. The summed E-state index contributed by atoms with van der Waals surface area (Å²) >= 11 is 0. The van der Waals surface area contributed by atoms with E-state index in [0.29, 0.717) is 16.8 Å². The van der Waals surface area contributed by atoms with Crippen molar-refractivity contribution in [1.29, 1.82) is 0 Å². The first-order chi connectivity index (χ1) is 18.0. The van der Waals surface area contributed by atoms with Crippen LogP contribution in [-0.4, -0.2) is 41.4 Å². The summed E-state index contributed by atoms with van der Waals surface area (Å²) in [5.74, 6) is -4.71. The predicted molar refractivity (Wildman–Crippen MR) is 140 cm³/mol. The lowest BCUT2D eigenvalue weighted by Gasteiger charge is -2.26. The molecule has 200 valence electrons. The van der Waals surface area contributed by atoms with E-state index in [4.69, 9.17) is 0 Å². The molecule has 0 bridgehead atoms. The zero-order valence-electron chi connectivity index (χ0n) is 21.7. The summed E-state index contributed by atoms with van der Waals surface area (Å²) in [4.78, 5) is 74.8. The van der Waals surface area contributed by atoms with Crippen LogP contribution in [0.3, 0.4) is 0 Å². The molecule has 2 aromatic carbocycles. The third-order valence-electron chi connectivity index (χ3n) is 6.46. The Labute approximate surface area is 220 Å². The molecule has 2 aromatic rings. The van der Waals surface area contributed by atoms with Gasteiger partial charge in [-0.25, -0.2) is 4.79 Å². The molecule has 4 N–H and O–H groups in total. The van der Waals surface area contributed by atoms with Crippen LogP contribution in [0.1, 0.15) is 56.1 Å². The molecule has 2 unspecified atom stereocenters. The van der Waals surface area contributed by atoms with Gasteiger partial charge in [0.05, 0.1) is 24.4 Å². The van der Waals surface area contributed by atoms with Gasteiger partial charge in [-0.1, -0.05) is 63.2 Å². The van der Waals surface area contributed by atoms with E-state index >= 15 is 0 Å². The number of carbonyl (C=O) groups excluding carboxylic acids is 6. The highest BCUT2D eigenvalue weighted by Crippen LogP contribution is 2.24. The van der Waals surface area contributed by atoms with Gasteiger partial charge in [0.1, 0.15) is 5.92 Å². The van der Waals surface area contributed by atoms with Crippen LogP contribution in [0.2, 0.25) is 0 Å². The molecular formula is C28H32N4O6. The molecule has 0 aromatic heterocycles. The summed E-state index contributed by atoms with van der Waals surface area (Å²) in [7, 11) is 0. The summed E-state index contributed by atoms with van der Waals surface area (Å²) in [6.45, 7) is 6.40. The molecule has 0 radical (unpaired) electrons. The minimum Gasteiger partial charge on any atom is -0.346 e. The van der Waals surface area contributed by atoms with Crippen molar-refractivity contribution < 1.29 is 28.8 Å². The van der Waals surface area contributed by atoms with Gasteiger partial charge >= 0.3 is 6.03 Å². The third-order valence-corrected chi connectivity index (χ3v) is 6.46. The third kappa shape index (κ3) is 6.90. The fraction of sp³-hybridized carbons (Fsp3) is 0.357. The number of hydrogen-bond acceptors (Lipinski definition) is 6. The van der Waals surface area contributed by atoms with E-state index in [1.54, 1.807) is 68.4 Å². The number of carbonyl (C=O) groups is 6. The van der Waals surface area contributed by atoms with Crippen LogP contribution in [0, 0.1) is 17.8 Å². The number of anilines is 1. The zero-order chi connectivity index (χ0) is 28.0. The van der Waals surface area contributed by atoms with Gasteiger partial charge in [0.2, 0.25) is 17.7 Å². The minimum absolute atomic E-state index is 0.143. The second-order valence-electron chi connectivity index (χ2n) is 9.71. The second-order valence-corrected chi connectivity index (χ2v) is 9.71. The van der Waals surface area contributed by atoms with Crippen molar-refractivity contribution in [2.75, 3.05) is 5.32 Å². The van der Waals surface area contributed by atoms with Crippen LogP contribution < -0.4 is 21.3 Å².